The SMILES string of the molecule is Cl.Cl.Fc1ccc2c(c1)OCC1(CCNCC1)O2. The summed E-state index contributed by atoms with van der Waals surface area (Å²) in [6.45, 7) is 2.41. The van der Waals surface area contributed by atoms with Crippen LogP contribution in [0.25, 0.3) is 0 Å². The zero-order valence-electron chi connectivity index (χ0n) is 9.78. The van der Waals surface area contributed by atoms with Gasteiger partial charge in [0.1, 0.15) is 18.0 Å². The van der Waals surface area contributed by atoms with Gasteiger partial charge in [-0.1, -0.05) is 0 Å². The van der Waals surface area contributed by atoms with Crippen LogP contribution in [0.3, 0.4) is 0 Å². The summed E-state index contributed by atoms with van der Waals surface area (Å²) in [5, 5.41) is 3.29. The van der Waals surface area contributed by atoms with Crippen molar-refractivity contribution in [1.82, 2.24) is 5.32 Å². The maximum atomic E-state index is 13.0. The molecule has 3 rings (SSSR count). The van der Waals surface area contributed by atoms with Crippen molar-refractivity contribution < 1.29 is 13.9 Å². The van der Waals surface area contributed by atoms with Crippen LogP contribution in [0.2, 0.25) is 0 Å². The molecule has 6 heteroatoms. The Kier molecular flexibility index (Phi) is 5.08. The van der Waals surface area contributed by atoms with Crippen molar-refractivity contribution in [2.75, 3.05) is 19.7 Å². The van der Waals surface area contributed by atoms with Crippen molar-refractivity contribution in [3.63, 3.8) is 0 Å². The first-order valence-electron chi connectivity index (χ1n) is 5.60. The molecule has 0 radical (unpaired) electrons. The number of rotatable bonds is 0. The number of fused-ring (bicyclic) bond motifs is 1. The fourth-order valence-corrected chi connectivity index (χ4v) is 2.28. The van der Waals surface area contributed by atoms with E-state index in [-0.39, 0.29) is 36.2 Å². The minimum Gasteiger partial charge on any atom is -0.485 e. The molecule has 1 N–H and O–H groups in total. The lowest BCUT2D eigenvalue weighted by molar-refractivity contribution is -0.0304. The Balaban J connectivity index is 0.000000810. The Morgan fingerprint density at radius 1 is 1.11 bits per heavy atom. The number of ether oxygens (including phenoxy) is 2. The Morgan fingerprint density at radius 2 is 1.83 bits per heavy atom. The summed E-state index contributed by atoms with van der Waals surface area (Å²) in [5.41, 5.74) is -0.212. The summed E-state index contributed by atoms with van der Waals surface area (Å²) in [4.78, 5) is 0. The average Bonchev–Trinajstić information content (AvgIpc) is 2.31. The van der Waals surface area contributed by atoms with Crippen LogP contribution >= 0.6 is 24.8 Å². The highest BCUT2D eigenvalue weighted by Crippen LogP contribution is 2.38. The molecule has 0 aromatic heterocycles. The molecule has 1 aromatic carbocycles. The van der Waals surface area contributed by atoms with Crippen molar-refractivity contribution >= 4 is 24.8 Å². The van der Waals surface area contributed by atoms with Gasteiger partial charge < -0.3 is 14.8 Å². The molecule has 3 nitrogen and oxygen atoms in total. The second-order valence-electron chi connectivity index (χ2n) is 4.41. The van der Waals surface area contributed by atoms with E-state index >= 15 is 0 Å². The molecule has 0 saturated carbocycles. The number of benzene rings is 1. The van der Waals surface area contributed by atoms with E-state index in [1.165, 1.54) is 12.1 Å². The fourth-order valence-electron chi connectivity index (χ4n) is 2.28. The predicted molar refractivity (Wildman–Crippen MR) is 71.9 cm³/mol. The highest BCUT2D eigenvalue weighted by Gasteiger charge is 2.39. The molecule has 2 heterocycles. The van der Waals surface area contributed by atoms with E-state index in [2.05, 4.69) is 5.32 Å². The van der Waals surface area contributed by atoms with Crippen LogP contribution in [0.4, 0.5) is 4.39 Å². The topological polar surface area (TPSA) is 30.5 Å². The number of halogens is 3. The zero-order chi connectivity index (χ0) is 11.0. The quantitative estimate of drug-likeness (QED) is 0.798. The Morgan fingerprint density at radius 3 is 2.56 bits per heavy atom. The van der Waals surface area contributed by atoms with Crippen molar-refractivity contribution in [2.24, 2.45) is 0 Å². The van der Waals surface area contributed by atoms with Gasteiger partial charge in [0.05, 0.1) is 0 Å². The third-order valence-corrected chi connectivity index (χ3v) is 3.24. The smallest absolute Gasteiger partial charge is 0.164 e. The predicted octanol–water partition coefficient (Wildman–Crippen LogP) is 2.56. The van der Waals surface area contributed by atoms with Gasteiger partial charge in [-0.15, -0.1) is 24.8 Å². The molecule has 2 aliphatic rings. The highest BCUT2D eigenvalue weighted by molar-refractivity contribution is 5.85. The molecule has 18 heavy (non-hydrogen) atoms. The van der Waals surface area contributed by atoms with Crippen molar-refractivity contribution in [3.05, 3.63) is 24.0 Å². The van der Waals surface area contributed by atoms with E-state index in [4.69, 9.17) is 9.47 Å². The molecule has 102 valence electrons. The van der Waals surface area contributed by atoms with Gasteiger partial charge in [-0.3, -0.25) is 0 Å². The van der Waals surface area contributed by atoms with Gasteiger partial charge in [-0.05, 0) is 25.2 Å². The highest BCUT2D eigenvalue weighted by atomic mass is 35.5. The van der Waals surface area contributed by atoms with Crippen LogP contribution in [0.5, 0.6) is 11.5 Å². The lowest BCUT2D eigenvalue weighted by atomic mass is 9.92. The van der Waals surface area contributed by atoms with Gasteiger partial charge in [0, 0.05) is 18.9 Å². The third-order valence-electron chi connectivity index (χ3n) is 3.24. The summed E-state index contributed by atoms with van der Waals surface area (Å²) >= 11 is 0. The standard InChI is InChI=1S/C12H14FNO2.2ClH/c13-9-1-2-10-11(7-9)15-8-12(16-10)3-5-14-6-4-12;;/h1-2,7,14H,3-6,8H2;2*1H. The lowest BCUT2D eigenvalue weighted by Crippen LogP contribution is -2.52. The molecule has 1 saturated heterocycles. The fraction of sp³-hybridized carbons (Fsp3) is 0.500. The second-order valence-corrected chi connectivity index (χ2v) is 4.41. The van der Waals surface area contributed by atoms with Gasteiger partial charge >= 0.3 is 0 Å². The number of hydrogen-bond donors (Lipinski definition) is 1. The average molecular weight is 296 g/mol. The van der Waals surface area contributed by atoms with Gasteiger partial charge in [0.2, 0.25) is 0 Å². The van der Waals surface area contributed by atoms with Crippen LogP contribution in [0, 0.1) is 5.82 Å². The van der Waals surface area contributed by atoms with Crippen molar-refractivity contribution in [2.45, 2.75) is 18.4 Å². The minimum absolute atomic E-state index is 0. The summed E-state index contributed by atoms with van der Waals surface area (Å²) in [5.74, 6) is 0.891. The molecule has 2 aliphatic heterocycles. The third kappa shape index (κ3) is 2.82. The van der Waals surface area contributed by atoms with Gasteiger partial charge in [0.15, 0.2) is 11.5 Å². The van der Waals surface area contributed by atoms with Gasteiger partial charge in [0.25, 0.3) is 0 Å². The summed E-state index contributed by atoms with van der Waals surface area (Å²) in [6, 6.07) is 4.43. The molecule has 0 unspecified atom stereocenters. The van der Waals surface area contributed by atoms with Crippen LogP contribution < -0.4 is 14.8 Å². The van der Waals surface area contributed by atoms with Crippen LogP contribution in [-0.4, -0.2) is 25.3 Å². The van der Waals surface area contributed by atoms with E-state index < -0.39 is 0 Å². The molecule has 0 aliphatic carbocycles. The van der Waals surface area contributed by atoms with E-state index in [9.17, 15) is 4.39 Å². The second kappa shape index (κ2) is 5.95. The van der Waals surface area contributed by atoms with Crippen molar-refractivity contribution in [3.8, 4) is 11.5 Å². The molecule has 0 atom stereocenters. The number of hydrogen-bond acceptors (Lipinski definition) is 3. The summed E-state index contributed by atoms with van der Waals surface area (Å²) in [7, 11) is 0. The Hall–Kier alpha value is -0.710. The first-order chi connectivity index (χ1) is 7.77. The Bertz CT molecular complexity index is 411. The number of piperidine rings is 1. The molecule has 0 bridgehead atoms. The molecule has 1 spiro atoms. The van der Waals surface area contributed by atoms with Crippen LogP contribution in [0.15, 0.2) is 18.2 Å². The summed E-state index contributed by atoms with van der Waals surface area (Å²) in [6.07, 6.45) is 1.87. The van der Waals surface area contributed by atoms with Crippen LogP contribution in [0.1, 0.15) is 12.8 Å². The summed E-state index contributed by atoms with van der Waals surface area (Å²) < 4.78 is 24.6. The van der Waals surface area contributed by atoms with Gasteiger partial charge in [-0.25, -0.2) is 4.39 Å². The molecule has 1 aromatic rings. The first kappa shape index (κ1) is 15.3. The monoisotopic (exact) mass is 295 g/mol. The number of nitrogens with one attached hydrogen (secondary N) is 1. The van der Waals surface area contributed by atoms with E-state index in [0.29, 0.717) is 18.1 Å². The van der Waals surface area contributed by atoms with Crippen LogP contribution in [-0.2, 0) is 0 Å². The van der Waals surface area contributed by atoms with E-state index in [1.54, 1.807) is 6.07 Å². The first-order valence-corrected chi connectivity index (χ1v) is 5.60. The lowest BCUT2D eigenvalue weighted by Gasteiger charge is -2.41. The van der Waals surface area contributed by atoms with Gasteiger partial charge in [-0.2, -0.15) is 0 Å². The zero-order valence-corrected chi connectivity index (χ0v) is 11.4. The van der Waals surface area contributed by atoms with E-state index in [1.807, 2.05) is 0 Å². The normalized spacial score (nSPS) is 19.6. The molecule has 0 amide bonds. The largest absolute Gasteiger partial charge is 0.485 e. The van der Waals surface area contributed by atoms with Crippen molar-refractivity contribution in [1.29, 1.82) is 0 Å². The minimum atomic E-state index is -0.288. The molecule has 1 fully saturated rings. The molecular weight excluding hydrogens is 280 g/mol. The molecular formula is C12H16Cl2FNO2. The maximum absolute atomic E-state index is 13.0. The Labute approximate surface area is 118 Å². The van der Waals surface area contributed by atoms with E-state index in [0.717, 1.165) is 25.9 Å². The maximum Gasteiger partial charge on any atom is 0.164 e.